The number of carbonyl (C=O) groups excluding carboxylic acids is 1. The van der Waals surface area contributed by atoms with Crippen molar-refractivity contribution in [1.29, 1.82) is 0 Å². The van der Waals surface area contributed by atoms with Crippen LogP contribution in [0.15, 0.2) is 12.4 Å². The minimum Gasteiger partial charge on any atom is -0.476 e. The fraction of sp³-hybridized carbons (Fsp3) is 0.538. The third-order valence-electron chi connectivity index (χ3n) is 3.21. The summed E-state index contributed by atoms with van der Waals surface area (Å²) in [6.07, 6.45) is 4.44. The molecule has 0 atom stereocenters. The highest BCUT2D eigenvalue weighted by atomic mass is 16.4. The Labute approximate surface area is 117 Å². The monoisotopic (exact) mass is 278 g/mol. The average molecular weight is 278 g/mol. The zero-order valence-corrected chi connectivity index (χ0v) is 11.4. The van der Waals surface area contributed by atoms with Gasteiger partial charge in [-0.15, -0.1) is 0 Å². The van der Waals surface area contributed by atoms with Crippen LogP contribution < -0.4 is 4.90 Å². The van der Waals surface area contributed by atoms with Crippen LogP contribution in [0.3, 0.4) is 0 Å². The molecule has 7 nitrogen and oxygen atoms in total. The second kappa shape index (κ2) is 6.31. The van der Waals surface area contributed by atoms with Crippen LogP contribution >= 0.6 is 0 Å². The fourth-order valence-corrected chi connectivity index (χ4v) is 2.22. The molecule has 2 heterocycles. The van der Waals surface area contributed by atoms with Crippen LogP contribution in [0.1, 0.15) is 30.3 Å². The van der Waals surface area contributed by atoms with Crippen molar-refractivity contribution in [3.05, 3.63) is 18.1 Å². The van der Waals surface area contributed by atoms with E-state index in [0.29, 0.717) is 12.4 Å². The fourth-order valence-electron chi connectivity index (χ4n) is 2.22. The number of hydrogen-bond donors (Lipinski definition) is 1. The first kappa shape index (κ1) is 14.2. The third kappa shape index (κ3) is 3.23. The van der Waals surface area contributed by atoms with Crippen LogP contribution in [0, 0.1) is 0 Å². The Bertz CT molecular complexity index is 489. The van der Waals surface area contributed by atoms with Gasteiger partial charge in [0, 0.05) is 19.6 Å². The number of nitrogens with zero attached hydrogens (tertiary/aromatic N) is 4. The van der Waals surface area contributed by atoms with Crippen LogP contribution in [0.4, 0.5) is 5.82 Å². The zero-order valence-electron chi connectivity index (χ0n) is 11.4. The van der Waals surface area contributed by atoms with Crippen molar-refractivity contribution < 1.29 is 14.7 Å². The third-order valence-corrected chi connectivity index (χ3v) is 3.21. The summed E-state index contributed by atoms with van der Waals surface area (Å²) in [5.41, 5.74) is -0.0949. The van der Waals surface area contributed by atoms with Crippen molar-refractivity contribution >= 4 is 17.7 Å². The van der Waals surface area contributed by atoms with E-state index in [1.165, 1.54) is 12.4 Å². The Balaban J connectivity index is 2.09. The lowest BCUT2D eigenvalue weighted by Crippen LogP contribution is -2.37. The van der Waals surface area contributed by atoms with Crippen LogP contribution in [0.2, 0.25) is 0 Å². The van der Waals surface area contributed by atoms with Crippen molar-refractivity contribution in [2.24, 2.45) is 0 Å². The van der Waals surface area contributed by atoms with Gasteiger partial charge in [-0.2, -0.15) is 0 Å². The Kier molecular flexibility index (Phi) is 4.49. The molecule has 0 aliphatic carbocycles. The number of rotatable bonds is 4. The van der Waals surface area contributed by atoms with E-state index in [2.05, 4.69) is 9.97 Å². The molecule has 0 unspecified atom stereocenters. The molecule has 1 N–H and O–H groups in total. The SMILES string of the molecule is CCCN1CCCN(c2cnc(C(=O)O)cn2)CC1=O. The van der Waals surface area contributed by atoms with Crippen LogP contribution in [0.25, 0.3) is 0 Å². The number of carboxylic acids is 1. The molecule has 0 radical (unpaired) electrons. The van der Waals surface area contributed by atoms with E-state index < -0.39 is 5.97 Å². The summed E-state index contributed by atoms with van der Waals surface area (Å²) in [5, 5.41) is 8.79. The minimum atomic E-state index is -1.11. The molecule has 1 aromatic heterocycles. The van der Waals surface area contributed by atoms with Gasteiger partial charge in [-0.25, -0.2) is 14.8 Å². The van der Waals surface area contributed by atoms with Crippen LogP contribution in [-0.4, -0.2) is 58.0 Å². The number of aromatic nitrogens is 2. The van der Waals surface area contributed by atoms with Crippen molar-refractivity contribution in [2.45, 2.75) is 19.8 Å². The van der Waals surface area contributed by atoms with E-state index in [4.69, 9.17) is 5.11 Å². The van der Waals surface area contributed by atoms with Crippen molar-refractivity contribution in [3.63, 3.8) is 0 Å². The predicted molar refractivity (Wildman–Crippen MR) is 72.7 cm³/mol. The maximum atomic E-state index is 12.1. The second-order valence-corrected chi connectivity index (χ2v) is 4.72. The van der Waals surface area contributed by atoms with Gasteiger partial charge in [0.1, 0.15) is 5.82 Å². The lowest BCUT2D eigenvalue weighted by molar-refractivity contribution is -0.129. The van der Waals surface area contributed by atoms with Gasteiger partial charge >= 0.3 is 5.97 Å². The van der Waals surface area contributed by atoms with Gasteiger partial charge in [-0.1, -0.05) is 6.92 Å². The molecule has 1 aromatic rings. The Morgan fingerprint density at radius 3 is 2.75 bits per heavy atom. The van der Waals surface area contributed by atoms with E-state index in [1.807, 2.05) is 16.7 Å². The van der Waals surface area contributed by atoms with Gasteiger partial charge in [-0.05, 0) is 12.8 Å². The summed E-state index contributed by atoms with van der Waals surface area (Å²) in [7, 11) is 0. The summed E-state index contributed by atoms with van der Waals surface area (Å²) in [5.74, 6) is -0.486. The van der Waals surface area contributed by atoms with Crippen molar-refractivity contribution in [1.82, 2.24) is 14.9 Å². The van der Waals surface area contributed by atoms with Gasteiger partial charge < -0.3 is 14.9 Å². The maximum Gasteiger partial charge on any atom is 0.356 e. The molecule has 7 heteroatoms. The zero-order chi connectivity index (χ0) is 14.5. The van der Waals surface area contributed by atoms with Crippen molar-refractivity contribution in [2.75, 3.05) is 31.1 Å². The molecule has 1 saturated heterocycles. The molecular weight excluding hydrogens is 260 g/mol. The summed E-state index contributed by atoms with van der Waals surface area (Å²) < 4.78 is 0. The normalized spacial score (nSPS) is 16.1. The number of aromatic carboxylic acids is 1. The second-order valence-electron chi connectivity index (χ2n) is 4.72. The first-order valence-corrected chi connectivity index (χ1v) is 6.70. The van der Waals surface area contributed by atoms with Gasteiger partial charge in [0.05, 0.1) is 18.9 Å². The van der Waals surface area contributed by atoms with Crippen LogP contribution in [-0.2, 0) is 4.79 Å². The molecule has 108 valence electrons. The quantitative estimate of drug-likeness (QED) is 0.869. The highest BCUT2D eigenvalue weighted by molar-refractivity contribution is 5.85. The number of hydrogen-bond acceptors (Lipinski definition) is 5. The Morgan fingerprint density at radius 2 is 2.15 bits per heavy atom. The average Bonchev–Trinajstić information content (AvgIpc) is 2.62. The highest BCUT2D eigenvalue weighted by Gasteiger charge is 2.22. The standard InChI is InChI=1S/C13H18N4O3/c1-2-4-16-5-3-6-17(9-12(16)18)11-8-14-10(7-15-11)13(19)20/h7-8H,2-6,9H2,1H3,(H,19,20). The molecule has 0 aromatic carbocycles. The van der Waals surface area contributed by atoms with E-state index in [9.17, 15) is 9.59 Å². The van der Waals surface area contributed by atoms with Gasteiger partial charge in [-0.3, -0.25) is 4.79 Å². The molecule has 1 aliphatic rings. The molecule has 20 heavy (non-hydrogen) atoms. The topological polar surface area (TPSA) is 86.6 Å². The highest BCUT2D eigenvalue weighted by Crippen LogP contribution is 2.13. The number of carbonyl (C=O) groups is 2. The molecule has 1 amide bonds. The lowest BCUT2D eigenvalue weighted by Gasteiger charge is -2.21. The molecule has 1 fully saturated rings. The van der Waals surface area contributed by atoms with E-state index in [-0.39, 0.29) is 18.1 Å². The Morgan fingerprint density at radius 1 is 1.35 bits per heavy atom. The summed E-state index contributed by atoms with van der Waals surface area (Å²) in [6.45, 7) is 4.56. The molecule has 1 aliphatic heterocycles. The van der Waals surface area contributed by atoms with E-state index in [1.54, 1.807) is 0 Å². The maximum absolute atomic E-state index is 12.1. The molecule has 0 saturated carbocycles. The van der Waals surface area contributed by atoms with Gasteiger partial charge in [0.15, 0.2) is 5.69 Å². The first-order valence-electron chi connectivity index (χ1n) is 6.70. The van der Waals surface area contributed by atoms with E-state index >= 15 is 0 Å². The molecular formula is C13H18N4O3. The molecule has 2 rings (SSSR count). The number of anilines is 1. The number of carboxylic acid groups (broad SMARTS) is 1. The predicted octanol–water partition coefficient (Wildman–Crippen LogP) is 0.624. The van der Waals surface area contributed by atoms with E-state index in [0.717, 1.165) is 25.9 Å². The molecule has 0 bridgehead atoms. The summed E-state index contributed by atoms with van der Waals surface area (Å²) >= 11 is 0. The first-order chi connectivity index (χ1) is 9.61. The Hall–Kier alpha value is -2.18. The van der Waals surface area contributed by atoms with Gasteiger partial charge in [0.2, 0.25) is 5.91 Å². The largest absolute Gasteiger partial charge is 0.476 e. The lowest BCUT2D eigenvalue weighted by atomic mass is 10.3. The number of amides is 1. The summed E-state index contributed by atoms with van der Waals surface area (Å²) in [4.78, 5) is 34.5. The molecule has 0 spiro atoms. The summed E-state index contributed by atoms with van der Waals surface area (Å²) in [6, 6.07) is 0. The van der Waals surface area contributed by atoms with Gasteiger partial charge in [0.25, 0.3) is 0 Å². The minimum absolute atomic E-state index is 0.0773. The smallest absolute Gasteiger partial charge is 0.356 e. The van der Waals surface area contributed by atoms with Crippen LogP contribution in [0.5, 0.6) is 0 Å². The van der Waals surface area contributed by atoms with Crippen molar-refractivity contribution in [3.8, 4) is 0 Å².